The molecule has 0 saturated carbocycles. The van der Waals surface area contributed by atoms with E-state index in [1.807, 2.05) is 0 Å². The number of phenolic OH excluding ortho intramolecular Hbond substituents is 1. The smallest absolute Gasteiger partial charge is 0.379 e. The molecule has 2 rings (SSSR count). The molecule has 1 heterocycles. The SMILES string of the molecule is CCOC(=O)C(=O)c1ccc2c(c1O)OCO2. The Morgan fingerprint density at radius 2 is 2.18 bits per heavy atom. The predicted molar refractivity (Wildman–Crippen MR) is 55.2 cm³/mol. The van der Waals surface area contributed by atoms with Crippen molar-refractivity contribution in [1.29, 1.82) is 0 Å². The Kier molecular flexibility index (Phi) is 2.86. The van der Waals surface area contributed by atoms with Crippen LogP contribution < -0.4 is 9.47 Å². The summed E-state index contributed by atoms with van der Waals surface area (Å²) in [6.07, 6.45) is 0. The summed E-state index contributed by atoms with van der Waals surface area (Å²) in [5, 5.41) is 9.76. The van der Waals surface area contributed by atoms with E-state index < -0.39 is 17.5 Å². The van der Waals surface area contributed by atoms with Crippen LogP contribution in [0.3, 0.4) is 0 Å². The van der Waals surface area contributed by atoms with Gasteiger partial charge in [0.1, 0.15) is 0 Å². The number of phenols is 1. The molecule has 0 aromatic heterocycles. The van der Waals surface area contributed by atoms with E-state index in [0.717, 1.165) is 0 Å². The van der Waals surface area contributed by atoms with Gasteiger partial charge in [0.25, 0.3) is 5.78 Å². The Bertz CT molecular complexity index is 479. The zero-order valence-electron chi connectivity index (χ0n) is 9.06. The average Bonchev–Trinajstić information content (AvgIpc) is 2.78. The molecule has 0 fully saturated rings. The number of ether oxygens (including phenoxy) is 3. The van der Waals surface area contributed by atoms with Crippen molar-refractivity contribution in [3.8, 4) is 17.2 Å². The molecule has 1 aromatic rings. The second-order valence-corrected chi connectivity index (χ2v) is 3.25. The Balaban J connectivity index is 2.34. The maximum atomic E-state index is 11.6. The van der Waals surface area contributed by atoms with Crippen molar-refractivity contribution in [3.63, 3.8) is 0 Å². The number of esters is 1. The third-order valence-corrected chi connectivity index (χ3v) is 2.22. The summed E-state index contributed by atoms with van der Waals surface area (Å²) < 4.78 is 14.6. The molecule has 0 atom stereocenters. The maximum Gasteiger partial charge on any atom is 0.379 e. The monoisotopic (exact) mass is 238 g/mol. The van der Waals surface area contributed by atoms with E-state index in [9.17, 15) is 14.7 Å². The lowest BCUT2D eigenvalue weighted by Crippen LogP contribution is -2.17. The molecule has 90 valence electrons. The van der Waals surface area contributed by atoms with E-state index in [-0.39, 0.29) is 24.7 Å². The fraction of sp³-hybridized carbons (Fsp3) is 0.273. The summed E-state index contributed by atoms with van der Waals surface area (Å²) in [5.74, 6) is -1.93. The number of aromatic hydroxyl groups is 1. The molecule has 1 aliphatic heterocycles. The van der Waals surface area contributed by atoms with Gasteiger partial charge in [-0.05, 0) is 19.1 Å². The summed E-state index contributed by atoms with van der Waals surface area (Å²) in [7, 11) is 0. The molecule has 0 spiro atoms. The number of fused-ring (bicyclic) bond motifs is 1. The third kappa shape index (κ3) is 1.89. The van der Waals surface area contributed by atoms with Crippen LogP contribution in [0.1, 0.15) is 17.3 Å². The molecule has 0 unspecified atom stereocenters. The number of hydrogen-bond donors (Lipinski definition) is 1. The molecule has 1 aromatic carbocycles. The quantitative estimate of drug-likeness (QED) is 0.478. The van der Waals surface area contributed by atoms with Crippen LogP contribution in [0.4, 0.5) is 0 Å². The third-order valence-electron chi connectivity index (χ3n) is 2.22. The predicted octanol–water partition coefficient (Wildman–Crippen LogP) is 0.867. The number of carbonyl (C=O) groups is 2. The second-order valence-electron chi connectivity index (χ2n) is 3.25. The van der Waals surface area contributed by atoms with Crippen LogP contribution >= 0.6 is 0 Å². The van der Waals surface area contributed by atoms with Crippen molar-refractivity contribution in [3.05, 3.63) is 17.7 Å². The molecule has 6 heteroatoms. The van der Waals surface area contributed by atoms with Gasteiger partial charge in [-0.3, -0.25) is 4.79 Å². The molecule has 1 aliphatic rings. The van der Waals surface area contributed by atoms with Crippen molar-refractivity contribution in [1.82, 2.24) is 0 Å². The minimum Gasteiger partial charge on any atom is -0.504 e. The topological polar surface area (TPSA) is 82.1 Å². The van der Waals surface area contributed by atoms with E-state index in [0.29, 0.717) is 5.75 Å². The standard InChI is InChI=1S/C11H10O6/c1-2-15-11(14)9(13)6-3-4-7-10(8(6)12)17-5-16-7/h3-4,12H,2,5H2,1H3. The first-order valence-corrected chi connectivity index (χ1v) is 4.98. The van der Waals surface area contributed by atoms with Crippen LogP contribution in [0.2, 0.25) is 0 Å². The molecule has 0 saturated heterocycles. The lowest BCUT2D eigenvalue weighted by atomic mass is 10.1. The maximum absolute atomic E-state index is 11.6. The van der Waals surface area contributed by atoms with Crippen LogP contribution in [-0.4, -0.2) is 30.3 Å². The van der Waals surface area contributed by atoms with Gasteiger partial charge < -0.3 is 19.3 Å². The number of rotatable bonds is 3. The highest BCUT2D eigenvalue weighted by atomic mass is 16.7. The van der Waals surface area contributed by atoms with E-state index in [4.69, 9.17) is 9.47 Å². The van der Waals surface area contributed by atoms with Crippen LogP contribution in [0.5, 0.6) is 17.2 Å². The van der Waals surface area contributed by atoms with Gasteiger partial charge in [-0.2, -0.15) is 0 Å². The van der Waals surface area contributed by atoms with Crippen molar-refractivity contribution >= 4 is 11.8 Å². The summed E-state index contributed by atoms with van der Waals surface area (Å²) in [6.45, 7) is 1.65. The minimum absolute atomic E-state index is 0.0278. The van der Waals surface area contributed by atoms with Crippen molar-refractivity contribution in [2.24, 2.45) is 0 Å². The summed E-state index contributed by atoms with van der Waals surface area (Å²) in [4.78, 5) is 22.9. The second kappa shape index (κ2) is 4.32. The van der Waals surface area contributed by atoms with Gasteiger partial charge in [-0.25, -0.2) is 4.79 Å². The van der Waals surface area contributed by atoms with E-state index >= 15 is 0 Å². The molecular formula is C11H10O6. The lowest BCUT2D eigenvalue weighted by Gasteiger charge is -2.05. The summed E-state index contributed by atoms with van der Waals surface area (Å²) in [5.41, 5.74) is -0.160. The molecule has 6 nitrogen and oxygen atoms in total. The van der Waals surface area contributed by atoms with E-state index in [1.165, 1.54) is 12.1 Å². The Morgan fingerprint density at radius 3 is 2.88 bits per heavy atom. The molecule has 0 aliphatic carbocycles. The van der Waals surface area contributed by atoms with Gasteiger partial charge in [0.05, 0.1) is 12.2 Å². The van der Waals surface area contributed by atoms with Gasteiger partial charge >= 0.3 is 5.97 Å². The van der Waals surface area contributed by atoms with Gasteiger partial charge in [-0.1, -0.05) is 0 Å². The molecule has 0 bridgehead atoms. The molecule has 0 radical (unpaired) electrons. The van der Waals surface area contributed by atoms with E-state index in [2.05, 4.69) is 4.74 Å². The first-order valence-electron chi connectivity index (χ1n) is 4.98. The number of benzene rings is 1. The highest BCUT2D eigenvalue weighted by molar-refractivity contribution is 6.41. The fourth-order valence-corrected chi connectivity index (χ4v) is 1.45. The van der Waals surface area contributed by atoms with Gasteiger partial charge in [-0.15, -0.1) is 0 Å². The lowest BCUT2D eigenvalue weighted by molar-refractivity contribution is -0.137. The zero-order valence-corrected chi connectivity index (χ0v) is 9.06. The Morgan fingerprint density at radius 1 is 1.41 bits per heavy atom. The highest BCUT2D eigenvalue weighted by Gasteiger charge is 2.27. The van der Waals surface area contributed by atoms with Crippen molar-refractivity contribution in [2.45, 2.75) is 6.92 Å². The van der Waals surface area contributed by atoms with Crippen LogP contribution in [0.15, 0.2) is 12.1 Å². The number of ketones is 1. The number of hydrogen-bond acceptors (Lipinski definition) is 6. The zero-order chi connectivity index (χ0) is 12.4. The molecule has 17 heavy (non-hydrogen) atoms. The highest BCUT2D eigenvalue weighted by Crippen LogP contribution is 2.42. The Hall–Kier alpha value is -2.24. The van der Waals surface area contributed by atoms with Crippen LogP contribution in [0, 0.1) is 0 Å². The van der Waals surface area contributed by atoms with Gasteiger partial charge in [0.15, 0.2) is 11.5 Å². The molecule has 1 N–H and O–H groups in total. The largest absolute Gasteiger partial charge is 0.504 e. The van der Waals surface area contributed by atoms with Gasteiger partial charge in [0.2, 0.25) is 12.5 Å². The van der Waals surface area contributed by atoms with Crippen molar-refractivity contribution in [2.75, 3.05) is 13.4 Å². The minimum atomic E-state index is -1.01. The molecular weight excluding hydrogens is 228 g/mol. The number of Topliss-reactive ketones (excluding diaryl/α,β-unsaturated/α-hetero) is 1. The average molecular weight is 238 g/mol. The van der Waals surface area contributed by atoms with Crippen LogP contribution in [0.25, 0.3) is 0 Å². The van der Waals surface area contributed by atoms with Crippen LogP contribution in [-0.2, 0) is 9.53 Å². The molecule has 0 amide bonds. The fourth-order valence-electron chi connectivity index (χ4n) is 1.45. The summed E-state index contributed by atoms with van der Waals surface area (Å²) >= 11 is 0. The first-order chi connectivity index (χ1) is 8.15. The van der Waals surface area contributed by atoms with Crippen molar-refractivity contribution < 1.29 is 28.9 Å². The van der Waals surface area contributed by atoms with Gasteiger partial charge in [0, 0.05) is 0 Å². The first kappa shape index (κ1) is 11.3. The number of carbonyl (C=O) groups excluding carboxylic acids is 2. The Labute approximate surface area is 96.7 Å². The van der Waals surface area contributed by atoms with E-state index in [1.54, 1.807) is 6.92 Å². The summed E-state index contributed by atoms with van der Waals surface area (Å²) in [6, 6.07) is 2.75. The normalized spacial score (nSPS) is 12.3.